The van der Waals surface area contributed by atoms with Crippen LogP contribution >= 0.6 is 15.9 Å². The Kier molecular flexibility index (Phi) is 3.51. The van der Waals surface area contributed by atoms with Crippen molar-refractivity contribution < 1.29 is 0 Å². The van der Waals surface area contributed by atoms with E-state index in [0.29, 0.717) is 0 Å². The van der Waals surface area contributed by atoms with E-state index in [2.05, 4.69) is 56.3 Å². The highest BCUT2D eigenvalue weighted by Gasteiger charge is 2.18. The van der Waals surface area contributed by atoms with E-state index in [1.54, 1.807) is 6.33 Å². The lowest BCUT2D eigenvalue weighted by atomic mass is 10.1. The number of aryl methyl sites for hydroxylation is 1. The van der Waals surface area contributed by atoms with Crippen molar-refractivity contribution in [2.45, 2.75) is 32.2 Å². The van der Waals surface area contributed by atoms with Gasteiger partial charge in [0.1, 0.15) is 12.1 Å². The maximum atomic E-state index is 4.40. The first-order valence-corrected chi connectivity index (χ1v) is 7.38. The summed E-state index contributed by atoms with van der Waals surface area (Å²) in [5, 5.41) is 3.51. The normalized spacial score (nSPS) is 15.1. The molecule has 3 rings (SSSR count). The molecular weight excluding hydrogens is 302 g/mol. The Bertz CT molecular complexity index is 598. The van der Waals surface area contributed by atoms with Gasteiger partial charge in [-0.3, -0.25) is 0 Å². The summed E-state index contributed by atoms with van der Waals surface area (Å²) in [5.74, 6) is 0.995. The Hall–Kier alpha value is -1.42. The standard InChI is InChI=1S/C15H16BrN3/c1-10(11-4-2-5-12(16)8-11)19-15-13-6-3-7-14(13)17-9-18-15/h2,4-5,8-10H,3,6-7H2,1H3,(H,17,18,19). The minimum absolute atomic E-state index is 0.233. The van der Waals surface area contributed by atoms with Crippen molar-refractivity contribution >= 4 is 21.7 Å². The summed E-state index contributed by atoms with van der Waals surface area (Å²) in [6, 6.07) is 8.60. The number of anilines is 1. The van der Waals surface area contributed by atoms with Gasteiger partial charge in [-0.05, 0) is 43.9 Å². The number of fused-ring (bicyclic) bond motifs is 1. The third kappa shape index (κ3) is 2.63. The predicted molar refractivity (Wildman–Crippen MR) is 80.2 cm³/mol. The molecule has 0 aliphatic heterocycles. The molecule has 0 saturated heterocycles. The lowest BCUT2D eigenvalue weighted by Gasteiger charge is -2.17. The molecule has 0 bridgehead atoms. The average Bonchev–Trinajstić information content (AvgIpc) is 2.88. The summed E-state index contributed by atoms with van der Waals surface area (Å²) in [6.45, 7) is 2.16. The second-order valence-corrected chi connectivity index (χ2v) is 5.84. The molecule has 0 radical (unpaired) electrons. The molecule has 19 heavy (non-hydrogen) atoms. The van der Waals surface area contributed by atoms with Crippen LogP contribution in [-0.4, -0.2) is 9.97 Å². The van der Waals surface area contributed by atoms with E-state index in [4.69, 9.17) is 0 Å². The van der Waals surface area contributed by atoms with Gasteiger partial charge in [0.25, 0.3) is 0 Å². The first-order chi connectivity index (χ1) is 9.24. The summed E-state index contributed by atoms with van der Waals surface area (Å²) < 4.78 is 1.10. The monoisotopic (exact) mass is 317 g/mol. The average molecular weight is 318 g/mol. The van der Waals surface area contributed by atoms with Crippen LogP contribution in [0.4, 0.5) is 5.82 Å². The van der Waals surface area contributed by atoms with Gasteiger partial charge >= 0.3 is 0 Å². The van der Waals surface area contributed by atoms with Crippen molar-refractivity contribution in [2.75, 3.05) is 5.32 Å². The zero-order chi connectivity index (χ0) is 13.2. The third-order valence-electron chi connectivity index (χ3n) is 3.58. The lowest BCUT2D eigenvalue weighted by molar-refractivity contribution is 0.862. The number of benzene rings is 1. The highest BCUT2D eigenvalue weighted by atomic mass is 79.9. The maximum absolute atomic E-state index is 4.40. The fourth-order valence-corrected chi connectivity index (χ4v) is 2.97. The van der Waals surface area contributed by atoms with Crippen LogP contribution < -0.4 is 5.32 Å². The molecule has 1 unspecified atom stereocenters. The van der Waals surface area contributed by atoms with E-state index in [9.17, 15) is 0 Å². The molecule has 0 spiro atoms. The number of hydrogen-bond donors (Lipinski definition) is 1. The summed E-state index contributed by atoms with van der Waals surface area (Å²) in [4.78, 5) is 8.76. The van der Waals surface area contributed by atoms with Crippen LogP contribution in [0.1, 0.15) is 36.2 Å². The van der Waals surface area contributed by atoms with E-state index < -0.39 is 0 Å². The highest BCUT2D eigenvalue weighted by Crippen LogP contribution is 2.28. The number of hydrogen-bond acceptors (Lipinski definition) is 3. The largest absolute Gasteiger partial charge is 0.363 e. The van der Waals surface area contributed by atoms with Crippen LogP contribution in [0.2, 0.25) is 0 Å². The lowest BCUT2D eigenvalue weighted by Crippen LogP contribution is -2.10. The molecule has 4 heteroatoms. The summed E-state index contributed by atoms with van der Waals surface area (Å²) in [6.07, 6.45) is 5.02. The van der Waals surface area contributed by atoms with Gasteiger partial charge in [0.2, 0.25) is 0 Å². The van der Waals surface area contributed by atoms with Crippen LogP contribution in [-0.2, 0) is 12.8 Å². The zero-order valence-electron chi connectivity index (χ0n) is 10.9. The molecule has 1 aromatic heterocycles. The Morgan fingerprint density at radius 3 is 3.00 bits per heavy atom. The summed E-state index contributed by atoms with van der Waals surface area (Å²) >= 11 is 3.51. The topological polar surface area (TPSA) is 37.8 Å². The molecule has 3 nitrogen and oxygen atoms in total. The van der Waals surface area contributed by atoms with E-state index in [0.717, 1.165) is 23.1 Å². The quantitative estimate of drug-likeness (QED) is 0.933. The molecular formula is C15H16BrN3. The van der Waals surface area contributed by atoms with Crippen molar-refractivity contribution in [3.63, 3.8) is 0 Å². The molecule has 0 fully saturated rings. The molecule has 0 amide bonds. The van der Waals surface area contributed by atoms with Gasteiger partial charge in [-0.1, -0.05) is 28.1 Å². The minimum Gasteiger partial charge on any atom is -0.363 e. The molecule has 1 aromatic carbocycles. The smallest absolute Gasteiger partial charge is 0.133 e. The Morgan fingerprint density at radius 1 is 1.26 bits per heavy atom. The summed E-state index contributed by atoms with van der Waals surface area (Å²) in [7, 11) is 0. The highest BCUT2D eigenvalue weighted by molar-refractivity contribution is 9.10. The Labute approximate surface area is 121 Å². The third-order valence-corrected chi connectivity index (χ3v) is 4.07. The van der Waals surface area contributed by atoms with Gasteiger partial charge in [0.05, 0.1) is 0 Å². The first kappa shape index (κ1) is 12.6. The number of halogens is 1. The van der Waals surface area contributed by atoms with Crippen LogP contribution in [0.5, 0.6) is 0 Å². The van der Waals surface area contributed by atoms with Crippen molar-refractivity contribution in [3.05, 3.63) is 51.9 Å². The molecule has 0 saturated carbocycles. The van der Waals surface area contributed by atoms with Gasteiger partial charge in [-0.25, -0.2) is 9.97 Å². The van der Waals surface area contributed by atoms with Crippen LogP contribution in [0, 0.1) is 0 Å². The van der Waals surface area contributed by atoms with Crippen molar-refractivity contribution in [1.82, 2.24) is 9.97 Å². The number of rotatable bonds is 3. The number of aromatic nitrogens is 2. The van der Waals surface area contributed by atoms with Crippen LogP contribution in [0.3, 0.4) is 0 Å². The maximum Gasteiger partial charge on any atom is 0.133 e. The second kappa shape index (κ2) is 5.29. The minimum atomic E-state index is 0.233. The van der Waals surface area contributed by atoms with E-state index in [1.807, 2.05) is 6.07 Å². The molecule has 2 aromatic rings. The molecule has 1 aliphatic carbocycles. The van der Waals surface area contributed by atoms with Gasteiger partial charge in [0.15, 0.2) is 0 Å². The molecule has 1 heterocycles. The van der Waals surface area contributed by atoms with Gasteiger partial charge in [-0.15, -0.1) is 0 Å². The Morgan fingerprint density at radius 2 is 2.16 bits per heavy atom. The molecule has 1 atom stereocenters. The molecule has 1 N–H and O–H groups in total. The predicted octanol–water partition coefficient (Wildman–Crippen LogP) is 3.90. The van der Waals surface area contributed by atoms with Crippen molar-refractivity contribution in [2.24, 2.45) is 0 Å². The van der Waals surface area contributed by atoms with Crippen LogP contribution in [0.15, 0.2) is 35.1 Å². The van der Waals surface area contributed by atoms with Crippen molar-refractivity contribution in [3.8, 4) is 0 Å². The molecule has 98 valence electrons. The number of nitrogens with one attached hydrogen (secondary N) is 1. The first-order valence-electron chi connectivity index (χ1n) is 6.59. The van der Waals surface area contributed by atoms with Gasteiger partial charge < -0.3 is 5.32 Å². The number of nitrogens with zero attached hydrogens (tertiary/aromatic N) is 2. The fourth-order valence-electron chi connectivity index (χ4n) is 2.55. The van der Waals surface area contributed by atoms with E-state index >= 15 is 0 Å². The summed E-state index contributed by atoms with van der Waals surface area (Å²) in [5.41, 5.74) is 3.75. The molecule has 1 aliphatic rings. The Balaban J connectivity index is 1.84. The van der Waals surface area contributed by atoms with E-state index in [-0.39, 0.29) is 6.04 Å². The van der Waals surface area contributed by atoms with Crippen molar-refractivity contribution in [1.29, 1.82) is 0 Å². The van der Waals surface area contributed by atoms with Gasteiger partial charge in [0, 0.05) is 21.8 Å². The van der Waals surface area contributed by atoms with Gasteiger partial charge in [-0.2, -0.15) is 0 Å². The zero-order valence-corrected chi connectivity index (χ0v) is 12.4. The van der Waals surface area contributed by atoms with E-state index in [1.165, 1.54) is 23.2 Å². The second-order valence-electron chi connectivity index (χ2n) is 4.92. The fraction of sp³-hybridized carbons (Fsp3) is 0.333. The van der Waals surface area contributed by atoms with Crippen LogP contribution in [0.25, 0.3) is 0 Å². The SMILES string of the molecule is CC(Nc1ncnc2c1CCC2)c1cccc(Br)c1.